The number of aliphatic hydroxyl groups is 1. The van der Waals surface area contributed by atoms with Crippen molar-refractivity contribution < 1.29 is 14.6 Å². The molecule has 0 radical (unpaired) electrons. The van der Waals surface area contributed by atoms with Crippen LogP contribution in [0.3, 0.4) is 0 Å². The molecule has 2 rings (SSSR count). The van der Waals surface area contributed by atoms with Crippen molar-refractivity contribution in [3.05, 3.63) is 0 Å². The lowest BCUT2D eigenvalue weighted by Gasteiger charge is -2.19. The van der Waals surface area contributed by atoms with E-state index in [9.17, 15) is 4.79 Å². The van der Waals surface area contributed by atoms with E-state index in [1.807, 2.05) is 20.8 Å². The molecule has 0 aromatic heterocycles. The summed E-state index contributed by atoms with van der Waals surface area (Å²) in [6.45, 7) is 6.55. The first kappa shape index (κ1) is 11.7. The summed E-state index contributed by atoms with van der Waals surface area (Å²) < 4.78 is 5.16. The number of nitrogens with one attached hydrogen (secondary N) is 1. The Morgan fingerprint density at radius 1 is 1.44 bits per heavy atom. The van der Waals surface area contributed by atoms with E-state index in [4.69, 9.17) is 9.84 Å². The molecule has 2 fully saturated rings. The van der Waals surface area contributed by atoms with Crippen molar-refractivity contribution in [2.24, 2.45) is 17.3 Å². The summed E-state index contributed by atoms with van der Waals surface area (Å²) in [6.07, 6.45) is 1.94. The summed E-state index contributed by atoms with van der Waals surface area (Å²) in [5.74, 6) is 1.04. The third-order valence-corrected chi connectivity index (χ3v) is 3.67. The van der Waals surface area contributed by atoms with E-state index >= 15 is 0 Å². The first-order chi connectivity index (χ1) is 7.37. The average molecular weight is 227 g/mol. The van der Waals surface area contributed by atoms with Crippen LogP contribution in [-0.4, -0.2) is 30.0 Å². The second-order valence-corrected chi connectivity index (χ2v) is 6.10. The maximum atomic E-state index is 11.4. The molecule has 2 aliphatic carbocycles. The first-order valence-corrected chi connectivity index (χ1v) is 5.95. The van der Waals surface area contributed by atoms with Crippen LogP contribution in [0.25, 0.3) is 0 Å². The van der Waals surface area contributed by atoms with Gasteiger partial charge in [0, 0.05) is 13.2 Å². The quantitative estimate of drug-likeness (QED) is 0.768. The lowest BCUT2D eigenvalue weighted by Crippen LogP contribution is -2.33. The van der Waals surface area contributed by atoms with Gasteiger partial charge in [0.05, 0.1) is 0 Å². The molecule has 0 aromatic carbocycles. The van der Waals surface area contributed by atoms with Crippen molar-refractivity contribution in [3.63, 3.8) is 0 Å². The Labute approximate surface area is 96.4 Å². The molecule has 2 saturated carbocycles. The topological polar surface area (TPSA) is 58.6 Å². The predicted molar refractivity (Wildman–Crippen MR) is 60.0 cm³/mol. The van der Waals surface area contributed by atoms with Gasteiger partial charge in [0.1, 0.15) is 5.60 Å². The SMILES string of the molecule is CC(C)(C)OC(=O)NCC1CC12CC2CO. The zero-order chi connectivity index (χ0) is 12.0. The standard InChI is InChI=1S/C12H21NO3/c1-11(2,3)16-10(15)13-6-8-4-12(8)5-9(12)7-14/h8-9,14H,4-7H2,1-3H3,(H,13,15). The van der Waals surface area contributed by atoms with Crippen molar-refractivity contribution in [3.8, 4) is 0 Å². The van der Waals surface area contributed by atoms with Gasteiger partial charge in [-0.25, -0.2) is 4.79 Å². The van der Waals surface area contributed by atoms with Crippen LogP contribution in [0.2, 0.25) is 0 Å². The lowest BCUT2D eigenvalue weighted by molar-refractivity contribution is 0.0524. The molecule has 1 amide bonds. The molecule has 0 aliphatic heterocycles. The molecule has 4 heteroatoms. The average Bonchev–Trinajstić information content (AvgIpc) is 3.00. The number of hydrogen-bond acceptors (Lipinski definition) is 3. The molecule has 0 saturated heterocycles. The van der Waals surface area contributed by atoms with Crippen LogP contribution in [0.4, 0.5) is 4.79 Å². The smallest absolute Gasteiger partial charge is 0.407 e. The summed E-state index contributed by atoms with van der Waals surface area (Å²) in [6, 6.07) is 0. The Bertz CT molecular complexity index is 297. The fourth-order valence-electron chi connectivity index (χ4n) is 2.59. The Hall–Kier alpha value is -0.770. The van der Waals surface area contributed by atoms with Gasteiger partial charge < -0.3 is 15.2 Å². The van der Waals surface area contributed by atoms with Crippen molar-refractivity contribution >= 4 is 6.09 Å². The van der Waals surface area contributed by atoms with Gasteiger partial charge in [0.25, 0.3) is 0 Å². The second kappa shape index (κ2) is 3.62. The second-order valence-electron chi connectivity index (χ2n) is 6.10. The number of carbonyl (C=O) groups excluding carboxylic acids is 1. The largest absolute Gasteiger partial charge is 0.444 e. The van der Waals surface area contributed by atoms with Gasteiger partial charge in [-0.1, -0.05) is 0 Å². The molecule has 2 N–H and O–H groups in total. The summed E-state index contributed by atoms with van der Waals surface area (Å²) in [5.41, 5.74) is -0.0533. The number of rotatable bonds is 3. The van der Waals surface area contributed by atoms with Crippen LogP contribution < -0.4 is 5.32 Å². The maximum absolute atomic E-state index is 11.4. The number of carbonyl (C=O) groups is 1. The van der Waals surface area contributed by atoms with E-state index in [0.717, 1.165) is 12.8 Å². The van der Waals surface area contributed by atoms with E-state index in [-0.39, 0.29) is 6.09 Å². The predicted octanol–water partition coefficient (Wildman–Crippen LogP) is 1.53. The summed E-state index contributed by atoms with van der Waals surface area (Å²) in [5, 5.41) is 11.8. The minimum atomic E-state index is -0.432. The monoisotopic (exact) mass is 227 g/mol. The Kier molecular flexibility index (Phi) is 2.65. The number of aliphatic hydroxyl groups excluding tert-OH is 1. The molecule has 4 nitrogen and oxygen atoms in total. The van der Waals surface area contributed by atoms with E-state index < -0.39 is 5.60 Å². The molecule has 92 valence electrons. The minimum absolute atomic E-state index is 0.295. The highest BCUT2D eigenvalue weighted by Gasteiger charge is 2.69. The molecule has 1 spiro atoms. The maximum Gasteiger partial charge on any atom is 0.407 e. The van der Waals surface area contributed by atoms with Crippen molar-refractivity contribution in [1.82, 2.24) is 5.32 Å². The molecule has 0 heterocycles. The van der Waals surface area contributed by atoms with Gasteiger partial charge >= 0.3 is 6.09 Å². The third kappa shape index (κ3) is 2.32. The molecule has 2 aliphatic rings. The zero-order valence-electron chi connectivity index (χ0n) is 10.2. The summed E-state index contributed by atoms with van der Waals surface area (Å²) in [7, 11) is 0. The third-order valence-electron chi connectivity index (χ3n) is 3.67. The fraction of sp³-hybridized carbons (Fsp3) is 0.917. The van der Waals surface area contributed by atoms with E-state index in [2.05, 4.69) is 5.32 Å². The molecular formula is C12H21NO3. The lowest BCUT2D eigenvalue weighted by atomic mass is 10.2. The van der Waals surface area contributed by atoms with Crippen LogP contribution in [0.1, 0.15) is 33.6 Å². The van der Waals surface area contributed by atoms with Gasteiger partial charge in [-0.05, 0) is 50.9 Å². The van der Waals surface area contributed by atoms with Crippen LogP contribution in [0.15, 0.2) is 0 Å². The molecule has 0 bridgehead atoms. The molecule has 16 heavy (non-hydrogen) atoms. The normalized spacial score (nSPS) is 36.0. The molecular weight excluding hydrogens is 206 g/mol. The van der Waals surface area contributed by atoms with Gasteiger partial charge in [0.2, 0.25) is 0 Å². The molecule has 3 atom stereocenters. The zero-order valence-corrected chi connectivity index (χ0v) is 10.2. The van der Waals surface area contributed by atoms with Gasteiger partial charge in [-0.2, -0.15) is 0 Å². The van der Waals surface area contributed by atoms with Gasteiger partial charge in [-0.3, -0.25) is 0 Å². The highest BCUT2D eigenvalue weighted by Crippen LogP contribution is 2.74. The fourth-order valence-corrected chi connectivity index (χ4v) is 2.59. The number of ether oxygens (including phenoxy) is 1. The highest BCUT2D eigenvalue weighted by atomic mass is 16.6. The summed E-state index contributed by atoms with van der Waals surface area (Å²) in [4.78, 5) is 11.4. The Morgan fingerprint density at radius 3 is 2.56 bits per heavy atom. The molecule has 0 aromatic rings. The van der Waals surface area contributed by atoms with E-state index in [1.54, 1.807) is 0 Å². The van der Waals surface area contributed by atoms with Crippen LogP contribution in [0.5, 0.6) is 0 Å². The van der Waals surface area contributed by atoms with Crippen molar-refractivity contribution in [2.75, 3.05) is 13.2 Å². The van der Waals surface area contributed by atoms with Gasteiger partial charge in [-0.15, -0.1) is 0 Å². The van der Waals surface area contributed by atoms with Crippen LogP contribution >= 0.6 is 0 Å². The Balaban J connectivity index is 1.65. The molecule has 3 unspecified atom stereocenters. The van der Waals surface area contributed by atoms with Crippen molar-refractivity contribution in [1.29, 1.82) is 0 Å². The van der Waals surface area contributed by atoms with Gasteiger partial charge in [0.15, 0.2) is 0 Å². The van der Waals surface area contributed by atoms with Crippen molar-refractivity contribution in [2.45, 2.75) is 39.2 Å². The van der Waals surface area contributed by atoms with E-state index in [0.29, 0.717) is 30.4 Å². The minimum Gasteiger partial charge on any atom is -0.444 e. The highest BCUT2D eigenvalue weighted by molar-refractivity contribution is 5.67. The van der Waals surface area contributed by atoms with Crippen LogP contribution in [-0.2, 0) is 4.74 Å². The first-order valence-electron chi connectivity index (χ1n) is 5.95. The van der Waals surface area contributed by atoms with E-state index in [1.165, 1.54) is 0 Å². The number of hydrogen-bond donors (Lipinski definition) is 2. The number of alkyl carbamates (subject to hydrolysis) is 1. The van der Waals surface area contributed by atoms with Crippen LogP contribution in [0, 0.1) is 17.3 Å². The Morgan fingerprint density at radius 2 is 2.06 bits per heavy atom. The number of amides is 1. The summed E-state index contributed by atoms with van der Waals surface area (Å²) >= 11 is 0.